The van der Waals surface area contributed by atoms with Crippen LogP contribution in [0.4, 0.5) is 0 Å². The second kappa shape index (κ2) is 21.7. The molecule has 3 saturated heterocycles. The predicted molar refractivity (Wildman–Crippen MR) is 264 cm³/mol. The summed E-state index contributed by atoms with van der Waals surface area (Å²) in [5, 5.41) is 24.9. The molecule has 358 valence electrons. The van der Waals surface area contributed by atoms with Crippen LogP contribution in [0.2, 0.25) is 0 Å². The number of aromatic nitrogens is 1. The maximum Gasteiger partial charge on any atom is 0.317 e. The van der Waals surface area contributed by atoms with E-state index in [2.05, 4.69) is 39.5 Å². The van der Waals surface area contributed by atoms with Crippen LogP contribution in [0.25, 0.3) is 10.9 Å². The van der Waals surface area contributed by atoms with Crippen molar-refractivity contribution in [1.82, 2.24) is 25.0 Å². The average molecular weight is 932 g/mol. The number of ether oxygens (including phenoxy) is 2. The smallest absolute Gasteiger partial charge is 0.317 e. The lowest BCUT2D eigenvalue weighted by molar-refractivity contribution is -0.148. The highest BCUT2D eigenvalue weighted by molar-refractivity contribution is 5.94. The number of carbonyl (C=O) groups excluding carboxylic acids is 3. The van der Waals surface area contributed by atoms with Gasteiger partial charge in [-0.05, 0) is 122 Å². The van der Waals surface area contributed by atoms with Crippen molar-refractivity contribution in [3.8, 4) is 11.5 Å². The molecule has 3 fully saturated rings. The number of nitrogens with one attached hydrogen (secondary N) is 2. The number of phenols is 1. The highest BCUT2D eigenvalue weighted by Gasteiger charge is 2.47. The zero-order chi connectivity index (χ0) is 47.7. The number of hydrogen-bond donors (Lipinski definition) is 4. The van der Waals surface area contributed by atoms with E-state index in [4.69, 9.17) is 9.47 Å². The minimum atomic E-state index is -0.843. The third kappa shape index (κ3) is 11.6. The number of esters is 1. The number of benzene rings is 5. The van der Waals surface area contributed by atoms with Gasteiger partial charge < -0.3 is 39.8 Å². The number of amides is 2. The molecule has 0 bridgehead atoms. The number of nitrogens with zero attached hydrogens (tertiary/aromatic N) is 3. The van der Waals surface area contributed by atoms with E-state index >= 15 is 0 Å². The second-order valence-corrected chi connectivity index (χ2v) is 19.0. The van der Waals surface area contributed by atoms with E-state index in [9.17, 15) is 29.4 Å². The topological polar surface area (TPSA) is 165 Å². The highest BCUT2D eigenvalue weighted by atomic mass is 16.5. The predicted octanol–water partition coefficient (Wildman–Crippen LogP) is 6.83. The summed E-state index contributed by atoms with van der Waals surface area (Å²) < 4.78 is 12.1. The number of aromatic hydroxyl groups is 1. The van der Waals surface area contributed by atoms with Gasteiger partial charge in [-0.2, -0.15) is 0 Å². The van der Waals surface area contributed by atoms with Crippen LogP contribution in [-0.2, 0) is 27.3 Å². The molecule has 13 nitrogen and oxygen atoms in total. The number of piperidine rings is 2. The van der Waals surface area contributed by atoms with E-state index < -0.39 is 12.0 Å². The number of likely N-dealkylation sites (tertiary alicyclic amines) is 3. The number of aliphatic hydroxyl groups is 1. The Bertz CT molecular complexity index is 2760. The number of phenolic OH excluding ortho intramolecular Hbond substituents is 1. The third-order valence-electron chi connectivity index (χ3n) is 14.3. The van der Waals surface area contributed by atoms with Crippen molar-refractivity contribution in [3.63, 3.8) is 0 Å². The molecule has 13 heteroatoms. The summed E-state index contributed by atoms with van der Waals surface area (Å²) in [4.78, 5) is 61.3. The number of rotatable bonds is 17. The summed E-state index contributed by atoms with van der Waals surface area (Å²) in [5.74, 6) is -0.232. The Morgan fingerprint density at radius 3 is 2.22 bits per heavy atom. The lowest BCUT2D eigenvalue weighted by Crippen LogP contribution is -2.62. The zero-order valence-corrected chi connectivity index (χ0v) is 38.9. The number of aromatic amines is 1. The van der Waals surface area contributed by atoms with Gasteiger partial charge in [0, 0.05) is 61.7 Å². The Morgan fingerprint density at radius 2 is 1.48 bits per heavy atom. The van der Waals surface area contributed by atoms with Crippen molar-refractivity contribution in [2.45, 2.75) is 50.7 Å². The molecule has 0 aliphatic carbocycles. The van der Waals surface area contributed by atoms with Crippen molar-refractivity contribution in [2.75, 3.05) is 65.6 Å². The lowest BCUT2D eigenvalue weighted by Gasteiger charge is -2.53. The SMILES string of the molecule is O=C(OCC1CCN(Cc2ccccc2)CC1)C(c1ccccc1)c1cccc(OCC(=O)N2CC3(CCN(C(=O)c4ccc(CCNC[C@H](O)c5ccc(O)c6[nH]c(=O)ccc56)cc4)CC3)C2)c1. The molecule has 1 spiro atoms. The standard InChI is InChI=1S/C56H61N5O8/c62-48-20-18-46(47-19-21-50(64)58-53(47)48)49(63)33-57-27-22-39-14-16-43(17-15-39)54(66)60-30-25-56(26-31-60)37-61(38-56)51(65)36-68-45-13-7-12-44(32-45)52(42-10-5-2-6-11-42)55(67)69-35-41-23-28-59(29-24-41)34-40-8-3-1-4-9-40/h1-21,32,41,49,52,57,62-63H,22-31,33-38H2,(H,58,64)/t49-,52?/m0/s1. The van der Waals surface area contributed by atoms with E-state index in [1.807, 2.05) is 94.7 Å². The Hall–Kier alpha value is -6.80. The van der Waals surface area contributed by atoms with Crippen LogP contribution in [0, 0.1) is 11.3 Å². The molecule has 0 saturated carbocycles. The molecule has 0 radical (unpaired) electrons. The minimum absolute atomic E-state index is 0.00111. The van der Waals surface area contributed by atoms with Gasteiger partial charge in [0.15, 0.2) is 6.61 Å². The summed E-state index contributed by atoms with van der Waals surface area (Å²) in [7, 11) is 0. The summed E-state index contributed by atoms with van der Waals surface area (Å²) in [6.45, 7) is 6.58. The summed E-state index contributed by atoms with van der Waals surface area (Å²) in [6.07, 6.45) is 3.46. The van der Waals surface area contributed by atoms with Crippen LogP contribution >= 0.6 is 0 Å². The van der Waals surface area contributed by atoms with Crippen LogP contribution in [0.3, 0.4) is 0 Å². The molecule has 6 aromatic rings. The molecule has 3 aliphatic rings. The first-order valence-electron chi connectivity index (χ1n) is 24.2. The Balaban J connectivity index is 0.697. The van der Waals surface area contributed by atoms with Crippen molar-refractivity contribution in [2.24, 2.45) is 11.3 Å². The summed E-state index contributed by atoms with van der Waals surface area (Å²) in [5.41, 5.74) is 5.17. The molecular weight excluding hydrogens is 871 g/mol. The molecule has 2 atom stereocenters. The molecule has 3 aliphatic heterocycles. The molecule has 4 heterocycles. The first-order valence-corrected chi connectivity index (χ1v) is 24.2. The third-order valence-corrected chi connectivity index (χ3v) is 14.3. The van der Waals surface area contributed by atoms with Gasteiger partial charge >= 0.3 is 5.97 Å². The largest absolute Gasteiger partial charge is 0.506 e. The summed E-state index contributed by atoms with van der Waals surface area (Å²) >= 11 is 0. The molecule has 69 heavy (non-hydrogen) atoms. The second-order valence-electron chi connectivity index (χ2n) is 19.0. The van der Waals surface area contributed by atoms with Gasteiger partial charge in [0.25, 0.3) is 11.8 Å². The molecule has 4 N–H and O–H groups in total. The van der Waals surface area contributed by atoms with Crippen LogP contribution in [0.5, 0.6) is 11.5 Å². The monoisotopic (exact) mass is 931 g/mol. The van der Waals surface area contributed by atoms with Crippen molar-refractivity contribution in [3.05, 3.63) is 177 Å². The number of fused-ring (bicyclic) bond motifs is 1. The fourth-order valence-electron chi connectivity index (χ4n) is 10.1. The molecule has 2 amide bonds. The maximum atomic E-state index is 13.8. The van der Waals surface area contributed by atoms with Gasteiger partial charge in [-0.1, -0.05) is 91.0 Å². The fraction of sp³-hybridized carbons (Fsp3) is 0.357. The van der Waals surface area contributed by atoms with E-state index in [1.54, 1.807) is 12.1 Å². The van der Waals surface area contributed by atoms with Crippen LogP contribution in [0.15, 0.2) is 138 Å². The molecule has 1 aromatic heterocycles. The Morgan fingerprint density at radius 1 is 0.768 bits per heavy atom. The normalized spacial score (nSPS) is 17.0. The van der Waals surface area contributed by atoms with Crippen molar-refractivity contribution >= 4 is 28.7 Å². The van der Waals surface area contributed by atoms with Gasteiger partial charge in [-0.3, -0.25) is 24.1 Å². The summed E-state index contributed by atoms with van der Waals surface area (Å²) in [6, 6.07) is 41.3. The molecule has 5 aromatic carbocycles. The number of pyridine rings is 1. The Kier molecular flexibility index (Phi) is 14.8. The van der Waals surface area contributed by atoms with Gasteiger partial charge in [-0.25, -0.2) is 0 Å². The maximum absolute atomic E-state index is 13.8. The molecular formula is C56H61N5O8. The van der Waals surface area contributed by atoms with Crippen molar-refractivity contribution < 1.29 is 34.1 Å². The van der Waals surface area contributed by atoms with Crippen LogP contribution in [0.1, 0.15) is 75.9 Å². The van der Waals surface area contributed by atoms with E-state index in [-0.39, 0.29) is 47.7 Å². The molecule has 9 rings (SSSR count). The van der Waals surface area contributed by atoms with Crippen molar-refractivity contribution in [1.29, 1.82) is 0 Å². The zero-order valence-electron chi connectivity index (χ0n) is 38.9. The lowest BCUT2D eigenvalue weighted by atomic mass is 9.72. The van der Waals surface area contributed by atoms with Gasteiger partial charge in [-0.15, -0.1) is 0 Å². The number of hydrogen-bond acceptors (Lipinski definition) is 10. The highest BCUT2D eigenvalue weighted by Crippen LogP contribution is 2.41. The Labute approximate surface area is 402 Å². The van der Waals surface area contributed by atoms with Gasteiger partial charge in [0.05, 0.1) is 18.2 Å². The van der Waals surface area contributed by atoms with Gasteiger partial charge in [0.2, 0.25) is 5.56 Å². The number of carbonyl (C=O) groups is 3. The van der Waals surface area contributed by atoms with Gasteiger partial charge in [0.1, 0.15) is 17.4 Å². The van der Waals surface area contributed by atoms with E-state index in [0.29, 0.717) is 79.4 Å². The minimum Gasteiger partial charge on any atom is -0.506 e. The molecule has 1 unspecified atom stereocenters. The average Bonchev–Trinajstić information content (AvgIpc) is 3.37. The van der Waals surface area contributed by atoms with Crippen LogP contribution < -0.4 is 15.6 Å². The quantitative estimate of drug-likeness (QED) is 0.0563. The number of aliphatic hydroxyl groups excluding tert-OH is 1. The first-order chi connectivity index (χ1) is 33.6. The first kappa shape index (κ1) is 47.3. The fourth-order valence-corrected chi connectivity index (χ4v) is 10.1. The van der Waals surface area contributed by atoms with E-state index in [1.165, 1.54) is 17.7 Å². The van der Waals surface area contributed by atoms with Crippen LogP contribution in [-0.4, -0.2) is 113 Å². The van der Waals surface area contributed by atoms with E-state index in [0.717, 1.165) is 62.0 Å². The number of H-pyrrole nitrogens is 1.